The van der Waals surface area contributed by atoms with E-state index in [4.69, 9.17) is 57.3 Å². The zero-order chi connectivity index (χ0) is 81.4. The van der Waals surface area contributed by atoms with Gasteiger partial charge in [0.15, 0.2) is 29.1 Å². The molecule has 20 N–H and O–H groups in total. The van der Waals surface area contributed by atoms with Crippen molar-refractivity contribution in [3.8, 4) is 113 Å². The van der Waals surface area contributed by atoms with Crippen molar-refractivity contribution in [1.82, 2.24) is 74.8 Å². The van der Waals surface area contributed by atoms with Gasteiger partial charge in [0, 0.05) is 214 Å². The highest BCUT2D eigenvalue weighted by molar-refractivity contribution is 7.84. The molecule has 0 amide bonds. The van der Waals surface area contributed by atoms with E-state index in [0.29, 0.717) is 56.9 Å². The fourth-order valence-electron chi connectivity index (χ4n) is 8.67. The van der Waals surface area contributed by atoms with Gasteiger partial charge >= 0.3 is 0 Å². The molecular formula is C67H89N25O8S8. The topological polar surface area (TPSA) is 590 Å². The van der Waals surface area contributed by atoms with Crippen LogP contribution in [0.1, 0.15) is 0 Å². The quantitative estimate of drug-likeness (QED) is 0.0855. The number of benzene rings is 6. The molecule has 33 nitrogen and oxygen atoms in total. The predicted molar refractivity (Wildman–Crippen MR) is 452 cm³/mol. The summed E-state index contributed by atoms with van der Waals surface area (Å²) in [5.41, 5.74) is 71.5. The van der Waals surface area contributed by atoms with Gasteiger partial charge in [0.05, 0.1) is 0 Å². The number of nitrogens with two attached hydrogens (primary N) is 10. The smallest absolute Gasteiger partial charge is 0.225 e. The fourth-order valence-corrected chi connectivity index (χ4v) is 8.67. The maximum Gasteiger partial charge on any atom is 0.225 e. The highest BCUT2D eigenvalue weighted by Gasteiger charge is 2.26. The minimum absolute atomic E-state index is 0.0128. The van der Waals surface area contributed by atoms with Gasteiger partial charge in [-0.05, 0) is 61.7 Å². The molecule has 5 heterocycles. The second kappa shape index (κ2) is 45.3. The van der Waals surface area contributed by atoms with Gasteiger partial charge in [0.25, 0.3) is 0 Å². The standard InChI is InChI=1S/C51H41N25.8C2H6OS/c52-42-62-37(63-43(53)72-42)27-11-1-22(2-12-27)32-21-33(23-3-13-28(14-4-23)38-64-44(54)73-45(55)65-38)35(25-7-17-30(18-8-25)40-68-48(58)75-49(59)69-40)36(26-9-19-31(20-10-26)41-70-50(60)76-51(61)71-41)34(32)24-5-15-29(16-6-24)39-66-46(56)74-47(57)67-39;8*1-4(2)3/h1-21H,(H4,52,53,62,63,72)(H4,54,55,64,65,73)(H4,56,57,66,67,74)(H4,58,59,68,69,75)(H4,60,61,70,71,76);8*1-2H3. The molecule has 11 rings (SSSR count). The van der Waals surface area contributed by atoms with Crippen LogP contribution in [0.5, 0.6) is 0 Å². The van der Waals surface area contributed by atoms with Gasteiger partial charge in [0.2, 0.25) is 59.5 Å². The molecule has 0 spiro atoms. The Labute approximate surface area is 647 Å². The van der Waals surface area contributed by atoms with Crippen LogP contribution in [-0.2, 0) is 86.4 Å². The van der Waals surface area contributed by atoms with E-state index in [0.717, 1.165) is 55.6 Å². The van der Waals surface area contributed by atoms with Crippen molar-refractivity contribution in [3.63, 3.8) is 0 Å². The summed E-state index contributed by atoms with van der Waals surface area (Å²) in [4.78, 5) is 63.4. The Bertz CT molecular complexity index is 4520. The molecule has 0 saturated carbocycles. The molecule has 0 atom stereocenters. The van der Waals surface area contributed by atoms with Crippen LogP contribution in [-0.4, -0.2) is 209 Å². The van der Waals surface area contributed by atoms with Gasteiger partial charge in [-0.25, -0.2) is 0 Å². The number of nitrogen functional groups attached to an aromatic ring is 10. The summed E-state index contributed by atoms with van der Waals surface area (Å²) in [5, 5.41) is 0. The number of nitrogens with zero attached hydrogens (tertiary/aromatic N) is 15. The number of rotatable bonds is 10. The maximum absolute atomic E-state index is 9.56. The highest BCUT2D eigenvalue weighted by atomic mass is 32.2. The number of hydrogen-bond donors (Lipinski definition) is 10. The Morgan fingerprint density at radius 1 is 0.176 bits per heavy atom. The van der Waals surface area contributed by atoms with E-state index in [1.165, 1.54) is 0 Å². The van der Waals surface area contributed by atoms with E-state index < -0.39 is 86.4 Å². The van der Waals surface area contributed by atoms with Gasteiger partial charge < -0.3 is 57.3 Å². The Balaban J connectivity index is 0.000000803. The predicted octanol–water partition coefficient (Wildman–Crippen LogP) is 5.06. The van der Waals surface area contributed by atoms with E-state index in [9.17, 15) is 33.7 Å². The van der Waals surface area contributed by atoms with Crippen LogP contribution in [0.2, 0.25) is 0 Å². The molecule has 0 saturated heterocycles. The van der Waals surface area contributed by atoms with Crippen LogP contribution < -0.4 is 57.3 Å². The average Bonchev–Trinajstić information content (AvgIpc) is 0.733. The zero-order valence-electron chi connectivity index (χ0n) is 62.1. The first-order valence-electron chi connectivity index (χ1n) is 30.6. The molecule has 0 unspecified atom stereocenters. The second-order valence-electron chi connectivity index (χ2n) is 22.8. The maximum atomic E-state index is 9.56. The highest BCUT2D eigenvalue weighted by Crippen LogP contribution is 2.51. The molecule has 108 heavy (non-hydrogen) atoms. The van der Waals surface area contributed by atoms with Crippen molar-refractivity contribution in [1.29, 1.82) is 0 Å². The molecule has 578 valence electrons. The molecule has 0 aliphatic heterocycles. The lowest BCUT2D eigenvalue weighted by Crippen LogP contribution is -2.04. The molecule has 11 aromatic rings. The van der Waals surface area contributed by atoms with Crippen molar-refractivity contribution in [3.05, 3.63) is 127 Å². The first-order valence-corrected chi connectivity index (χ1v) is 46.4. The lowest BCUT2D eigenvalue weighted by Gasteiger charge is -2.25. The summed E-state index contributed by atoms with van der Waals surface area (Å²) in [7, 11) is -4.89. The van der Waals surface area contributed by atoms with Gasteiger partial charge in [-0.3, -0.25) is 33.7 Å². The van der Waals surface area contributed by atoms with Crippen LogP contribution >= 0.6 is 0 Å². The number of hydrogen-bond acceptors (Lipinski definition) is 33. The first kappa shape index (κ1) is 91.8. The fraction of sp³-hybridized carbons (Fsp3) is 0.239. The van der Waals surface area contributed by atoms with Gasteiger partial charge in [-0.2, -0.15) is 74.8 Å². The zero-order valence-corrected chi connectivity index (χ0v) is 68.7. The Morgan fingerprint density at radius 3 is 0.426 bits per heavy atom. The number of aromatic nitrogens is 15. The van der Waals surface area contributed by atoms with Gasteiger partial charge in [-0.1, -0.05) is 121 Å². The van der Waals surface area contributed by atoms with Crippen molar-refractivity contribution < 1.29 is 33.7 Å². The lowest BCUT2D eigenvalue weighted by atomic mass is 9.78. The third-order valence-electron chi connectivity index (χ3n) is 11.9. The molecule has 5 aromatic heterocycles. The summed E-state index contributed by atoms with van der Waals surface area (Å²) in [5.74, 6) is 1.33. The molecule has 0 aliphatic carbocycles. The average molecular weight is 1630 g/mol. The summed E-state index contributed by atoms with van der Waals surface area (Å²) >= 11 is 0. The molecule has 0 radical (unpaired) electrons. The molecule has 0 aliphatic rings. The summed E-state index contributed by atoms with van der Waals surface area (Å²) in [6, 6.07) is 40.8. The van der Waals surface area contributed by atoms with Crippen LogP contribution in [0.25, 0.3) is 113 Å². The van der Waals surface area contributed by atoms with Crippen molar-refractivity contribution in [2.45, 2.75) is 0 Å². The van der Waals surface area contributed by atoms with Crippen LogP contribution in [0.4, 0.5) is 59.5 Å². The minimum atomic E-state index is -0.611. The largest absolute Gasteiger partial charge is 0.368 e. The molecular weight excluding hydrogens is 1540 g/mol. The van der Waals surface area contributed by atoms with Gasteiger partial charge in [-0.15, -0.1) is 0 Å². The summed E-state index contributed by atoms with van der Waals surface area (Å²) in [6.45, 7) is 0. The van der Waals surface area contributed by atoms with E-state index >= 15 is 0 Å². The second-order valence-corrected chi connectivity index (χ2v) is 34.7. The van der Waals surface area contributed by atoms with Crippen LogP contribution in [0.3, 0.4) is 0 Å². The third kappa shape index (κ3) is 33.6. The lowest BCUT2D eigenvalue weighted by molar-refractivity contribution is 0.689. The molecule has 41 heteroatoms. The molecule has 0 bridgehead atoms. The Kier molecular flexibility index (Phi) is 38.5. The molecule has 6 aromatic carbocycles. The SMILES string of the molecule is CS(C)=O.CS(C)=O.CS(C)=O.CS(C)=O.CS(C)=O.CS(C)=O.CS(C)=O.CS(C)=O.Nc1nc(N)nc(-c2ccc(-c3cc(-c4ccc(-c5nc(N)nc(N)n5)cc4)c(-c4ccc(-c5nc(N)nc(N)n5)cc4)c(-c4ccc(-c5nc(N)nc(N)n5)cc4)c3-c3ccc(-c4nc(N)nc(N)n4)cc3)cc2)n1. The van der Waals surface area contributed by atoms with E-state index in [2.05, 4.69) is 80.8 Å². The van der Waals surface area contributed by atoms with E-state index in [1.54, 1.807) is 100 Å². The van der Waals surface area contributed by atoms with E-state index in [1.807, 2.05) is 121 Å². The summed E-state index contributed by atoms with van der Waals surface area (Å²) < 4.78 is 76.4. The molecule has 0 fully saturated rings. The Morgan fingerprint density at radius 2 is 0.287 bits per heavy atom. The third-order valence-corrected chi connectivity index (χ3v) is 11.9. The first-order chi connectivity index (χ1) is 50.5. The number of anilines is 10. The minimum Gasteiger partial charge on any atom is -0.368 e. The Hall–Kier alpha value is -10.4. The van der Waals surface area contributed by atoms with Gasteiger partial charge in [0.1, 0.15) is 0 Å². The normalized spacial score (nSPS) is 10.4. The van der Waals surface area contributed by atoms with E-state index in [-0.39, 0.29) is 59.5 Å². The van der Waals surface area contributed by atoms with Crippen molar-refractivity contribution in [2.24, 2.45) is 0 Å². The van der Waals surface area contributed by atoms with Crippen molar-refractivity contribution in [2.75, 3.05) is 157 Å². The monoisotopic (exact) mass is 1630 g/mol. The van der Waals surface area contributed by atoms with Crippen LogP contribution in [0, 0.1) is 0 Å². The van der Waals surface area contributed by atoms with Crippen molar-refractivity contribution >= 4 is 146 Å². The van der Waals surface area contributed by atoms with Crippen LogP contribution in [0.15, 0.2) is 127 Å². The summed E-state index contributed by atoms with van der Waals surface area (Å²) in [6.07, 6.45) is 26.2.